The van der Waals surface area contributed by atoms with Gasteiger partial charge >= 0.3 is 10.2 Å². The molecule has 2 N–H and O–H groups in total. The Morgan fingerprint density at radius 1 is 1.21 bits per heavy atom. The lowest BCUT2D eigenvalue weighted by Crippen LogP contribution is -2.39. The normalized spacial score (nSPS) is 18.2. The molecule has 1 amide bonds. The standard InChI is InChI=1S/C28H36N4O5S2/c1-19-25(27(34)31-39(35,36)32(2)3)30-24(38-19)18-29-17-7-8-20-11-13-21(14-12-20)26(33)28(15-16-28)22-9-5-6-10-23(22)37-4/h5-6,9,11-14,23,29H,7-8,10,15-18H2,1-4H3,(H,31,34). The van der Waals surface area contributed by atoms with Gasteiger partial charge in [0.05, 0.1) is 11.5 Å². The molecule has 1 fully saturated rings. The molecule has 4 rings (SSSR count). The van der Waals surface area contributed by atoms with Gasteiger partial charge in [-0.2, -0.15) is 12.7 Å². The van der Waals surface area contributed by atoms with Crippen LogP contribution in [0.1, 0.15) is 62.0 Å². The predicted octanol–water partition coefficient (Wildman–Crippen LogP) is 3.57. The number of nitrogens with zero attached hydrogens (tertiary/aromatic N) is 2. The van der Waals surface area contributed by atoms with E-state index in [4.69, 9.17) is 4.74 Å². The van der Waals surface area contributed by atoms with E-state index in [-0.39, 0.29) is 17.6 Å². The first-order chi connectivity index (χ1) is 18.6. The SMILES string of the molecule is COC1CC=CC=C1C1(C(=O)c2ccc(CCCNCc3nc(C(=O)NS(=O)(=O)N(C)C)c(C)s3)cc2)CC1. The number of amides is 1. The topological polar surface area (TPSA) is 118 Å². The number of ether oxygens (including phenoxy) is 1. The number of thiazole rings is 1. The van der Waals surface area contributed by atoms with Crippen LogP contribution in [-0.4, -0.2) is 63.3 Å². The van der Waals surface area contributed by atoms with Gasteiger partial charge in [-0.3, -0.25) is 9.59 Å². The Hall–Kier alpha value is -2.70. The zero-order valence-electron chi connectivity index (χ0n) is 22.8. The molecule has 1 unspecified atom stereocenters. The number of carbonyl (C=O) groups excluding carboxylic acids is 2. The molecule has 1 atom stereocenters. The van der Waals surface area contributed by atoms with Crippen LogP contribution in [0.2, 0.25) is 0 Å². The Kier molecular flexibility index (Phi) is 9.18. The van der Waals surface area contributed by atoms with Gasteiger partial charge in [0.15, 0.2) is 5.78 Å². The fourth-order valence-corrected chi connectivity index (χ4v) is 6.19. The number of aromatic nitrogens is 1. The fraction of sp³-hybridized carbons (Fsp3) is 0.464. The maximum Gasteiger partial charge on any atom is 0.303 e. The average Bonchev–Trinajstić information content (AvgIpc) is 3.64. The average molecular weight is 573 g/mol. The summed E-state index contributed by atoms with van der Waals surface area (Å²) in [7, 11) is 0.533. The number of methoxy groups -OCH3 is 1. The minimum atomic E-state index is -3.87. The van der Waals surface area contributed by atoms with Crippen molar-refractivity contribution in [3.63, 3.8) is 0 Å². The lowest BCUT2D eigenvalue weighted by molar-refractivity contribution is 0.0854. The van der Waals surface area contributed by atoms with E-state index in [9.17, 15) is 18.0 Å². The highest BCUT2D eigenvalue weighted by Crippen LogP contribution is 2.56. The van der Waals surface area contributed by atoms with E-state index in [1.54, 1.807) is 14.0 Å². The molecule has 9 nitrogen and oxygen atoms in total. The van der Waals surface area contributed by atoms with Gasteiger partial charge in [-0.15, -0.1) is 11.3 Å². The van der Waals surface area contributed by atoms with E-state index in [1.807, 2.05) is 35.1 Å². The molecule has 1 aromatic carbocycles. The first kappa shape index (κ1) is 29.3. The van der Waals surface area contributed by atoms with Crippen molar-refractivity contribution >= 4 is 33.2 Å². The van der Waals surface area contributed by atoms with Crippen molar-refractivity contribution in [2.75, 3.05) is 27.7 Å². The molecule has 0 spiro atoms. The highest BCUT2D eigenvalue weighted by atomic mass is 32.2. The van der Waals surface area contributed by atoms with Crippen molar-refractivity contribution < 1.29 is 22.7 Å². The van der Waals surface area contributed by atoms with Crippen molar-refractivity contribution in [2.45, 2.75) is 51.7 Å². The molecule has 210 valence electrons. The largest absolute Gasteiger partial charge is 0.377 e. The molecule has 0 radical (unpaired) electrons. The van der Waals surface area contributed by atoms with Crippen molar-refractivity contribution in [3.05, 3.63) is 74.8 Å². The van der Waals surface area contributed by atoms with E-state index < -0.39 is 21.5 Å². The third kappa shape index (κ3) is 6.72. The Morgan fingerprint density at radius 3 is 2.56 bits per heavy atom. The second-order valence-electron chi connectivity index (χ2n) is 10.1. The Bertz CT molecular complexity index is 1370. The number of Topliss-reactive ketones (excluding diaryl/α,β-unsaturated/α-hetero) is 1. The van der Waals surface area contributed by atoms with E-state index in [1.165, 1.54) is 31.0 Å². The zero-order valence-corrected chi connectivity index (χ0v) is 24.5. The van der Waals surface area contributed by atoms with E-state index in [2.05, 4.69) is 22.5 Å². The number of hydrogen-bond donors (Lipinski definition) is 2. The van der Waals surface area contributed by atoms with Crippen LogP contribution in [0, 0.1) is 12.3 Å². The molecule has 2 aliphatic carbocycles. The summed E-state index contributed by atoms with van der Waals surface area (Å²) in [6.07, 6.45) is 10.5. The van der Waals surface area contributed by atoms with Crippen LogP contribution in [0.5, 0.6) is 0 Å². The summed E-state index contributed by atoms with van der Waals surface area (Å²) in [6, 6.07) is 7.94. The minimum Gasteiger partial charge on any atom is -0.377 e. The van der Waals surface area contributed by atoms with Crippen LogP contribution >= 0.6 is 11.3 Å². The van der Waals surface area contributed by atoms with Gasteiger partial charge in [0.25, 0.3) is 5.91 Å². The monoisotopic (exact) mass is 572 g/mol. The summed E-state index contributed by atoms with van der Waals surface area (Å²) in [5.74, 6) is -0.547. The first-order valence-electron chi connectivity index (χ1n) is 13.0. The second kappa shape index (κ2) is 12.2. The zero-order chi connectivity index (χ0) is 28.2. The molecule has 39 heavy (non-hydrogen) atoms. The lowest BCUT2D eigenvalue weighted by Gasteiger charge is -2.27. The van der Waals surface area contributed by atoms with Gasteiger partial charge in [-0.05, 0) is 56.7 Å². The molecule has 0 saturated heterocycles. The first-order valence-corrected chi connectivity index (χ1v) is 15.3. The second-order valence-corrected chi connectivity index (χ2v) is 13.3. The summed E-state index contributed by atoms with van der Waals surface area (Å²) in [5.41, 5.74) is 2.73. The summed E-state index contributed by atoms with van der Waals surface area (Å²) < 4.78 is 32.4. The van der Waals surface area contributed by atoms with Crippen molar-refractivity contribution in [1.82, 2.24) is 19.3 Å². The molecule has 1 aromatic heterocycles. The maximum atomic E-state index is 13.4. The third-order valence-corrected chi connectivity index (χ3v) is 9.58. The van der Waals surface area contributed by atoms with Gasteiger partial charge in [-0.1, -0.05) is 42.5 Å². The molecular formula is C28H36N4O5S2. The number of rotatable bonds is 13. The Labute approximate surface area is 234 Å². The highest BCUT2D eigenvalue weighted by Gasteiger charge is 2.54. The molecule has 1 heterocycles. The maximum absolute atomic E-state index is 13.4. The highest BCUT2D eigenvalue weighted by molar-refractivity contribution is 7.87. The van der Waals surface area contributed by atoms with E-state index in [0.717, 1.165) is 59.1 Å². The number of nitrogens with one attached hydrogen (secondary N) is 2. The Balaban J connectivity index is 1.24. The van der Waals surface area contributed by atoms with Crippen LogP contribution in [0.3, 0.4) is 0 Å². The van der Waals surface area contributed by atoms with Crippen LogP contribution in [0.15, 0.2) is 48.1 Å². The minimum absolute atomic E-state index is 0.0236. The van der Waals surface area contributed by atoms with Gasteiger partial charge in [0.1, 0.15) is 10.7 Å². The number of carbonyl (C=O) groups is 2. The molecule has 2 aromatic rings. The fourth-order valence-electron chi connectivity index (χ4n) is 4.78. The van der Waals surface area contributed by atoms with Crippen molar-refractivity contribution in [3.8, 4) is 0 Å². The van der Waals surface area contributed by atoms with E-state index >= 15 is 0 Å². The van der Waals surface area contributed by atoms with Crippen LogP contribution in [0.25, 0.3) is 0 Å². The number of allylic oxidation sites excluding steroid dienone is 2. The number of ketones is 1. The van der Waals surface area contributed by atoms with Crippen molar-refractivity contribution in [2.24, 2.45) is 5.41 Å². The number of aryl methyl sites for hydroxylation is 2. The van der Waals surface area contributed by atoms with Gasteiger partial charge in [0, 0.05) is 38.2 Å². The van der Waals surface area contributed by atoms with Gasteiger partial charge in [-0.25, -0.2) is 9.71 Å². The summed E-state index contributed by atoms with van der Waals surface area (Å²) >= 11 is 1.36. The summed E-state index contributed by atoms with van der Waals surface area (Å²) in [6.45, 7) is 2.98. The quantitative estimate of drug-likeness (QED) is 0.278. The van der Waals surface area contributed by atoms with Gasteiger partial charge < -0.3 is 10.1 Å². The van der Waals surface area contributed by atoms with Crippen LogP contribution < -0.4 is 10.0 Å². The number of benzene rings is 1. The van der Waals surface area contributed by atoms with Crippen LogP contribution in [0.4, 0.5) is 0 Å². The Morgan fingerprint density at radius 2 is 1.92 bits per heavy atom. The molecule has 11 heteroatoms. The molecule has 2 aliphatic rings. The van der Waals surface area contributed by atoms with Gasteiger partial charge in [0.2, 0.25) is 0 Å². The van der Waals surface area contributed by atoms with Crippen molar-refractivity contribution in [1.29, 1.82) is 0 Å². The molecule has 0 bridgehead atoms. The van der Waals surface area contributed by atoms with Crippen LogP contribution in [-0.2, 0) is 27.9 Å². The predicted molar refractivity (Wildman–Crippen MR) is 152 cm³/mol. The molecular weight excluding hydrogens is 536 g/mol. The molecule has 0 aliphatic heterocycles. The number of hydrogen-bond acceptors (Lipinski definition) is 8. The molecule has 1 saturated carbocycles. The third-order valence-electron chi connectivity index (χ3n) is 7.20. The summed E-state index contributed by atoms with van der Waals surface area (Å²) in [5, 5.41) is 4.05. The smallest absolute Gasteiger partial charge is 0.303 e. The van der Waals surface area contributed by atoms with E-state index in [0.29, 0.717) is 11.4 Å². The summed E-state index contributed by atoms with van der Waals surface area (Å²) in [4.78, 5) is 30.7. The lowest BCUT2D eigenvalue weighted by atomic mass is 9.81.